The Balaban J connectivity index is 1.53. The fourth-order valence-corrected chi connectivity index (χ4v) is 3.05. The number of aromatic nitrogens is 1. The van der Waals surface area contributed by atoms with Gasteiger partial charge in [0, 0.05) is 45.5 Å². The Morgan fingerprint density at radius 1 is 1.07 bits per heavy atom. The van der Waals surface area contributed by atoms with E-state index in [1.54, 1.807) is 26.5 Å². The molecule has 1 aliphatic heterocycles. The van der Waals surface area contributed by atoms with Crippen LogP contribution in [0.2, 0.25) is 0 Å². The average Bonchev–Trinajstić information content (AvgIpc) is 2.74. The van der Waals surface area contributed by atoms with Crippen LogP contribution in [0.4, 0.5) is 11.4 Å². The Kier molecular flexibility index (Phi) is 6.49. The number of nitrogens with zero attached hydrogens (tertiary/aromatic N) is 3. The quantitative estimate of drug-likeness (QED) is 0.753. The van der Waals surface area contributed by atoms with Crippen LogP contribution >= 0.6 is 0 Å². The third-order valence-corrected chi connectivity index (χ3v) is 4.62. The molecule has 7 nitrogen and oxygen atoms in total. The van der Waals surface area contributed by atoms with Gasteiger partial charge in [-0.1, -0.05) is 0 Å². The molecule has 2 heterocycles. The van der Waals surface area contributed by atoms with E-state index in [2.05, 4.69) is 15.2 Å². The van der Waals surface area contributed by atoms with Crippen LogP contribution in [0.25, 0.3) is 0 Å². The molecule has 3 rings (SSSR count). The minimum atomic E-state index is -0.0205. The van der Waals surface area contributed by atoms with Gasteiger partial charge in [-0.3, -0.25) is 4.79 Å². The van der Waals surface area contributed by atoms with Gasteiger partial charge in [0.05, 0.1) is 25.6 Å². The number of carbonyl (C=O) groups excluding carboxylic acids is 1. The molecule has 144 valence electrons. The number of methoxy groups -OCH3 is 2. The van der Waals surface area contributed by atoms with E-state index in [9.17, 15) is 4.79 Å². The van der Waals surface area contributed by atoms with Crippen molar-refractivity contribution >= 4 is 17.3 Å². The van der Waals surface area contributed by atoms with Gasteiger partial charge >= 0.3 is 0 Å². The second-order valence-corrected chi connectivity index (χ2v) is 6.33. The number of piperazine rings is 1. The summed E-state index contributed by atoms with van der Waals surface area (Å²) in [4.78, 5) is 21.1. The summed E-state index contributed by atoms with van der Waals surface area (Å²) in [6, 6.07) is 11.7. The van der Waals surface area contributed by atoms with Crippen LogP contribution in [-0.4, -0.2) is 69.3 Å². The molecule has 1 N–H and O–H groups in total. The van der Waals surface area contributed by atoms with Gasteiger partial charge in [0.15, 0.2) is 0 Å². The Hall–Kier alpha value is -2.80. The Labute approximate surface area is 159 Å². The SMILES string of the molecule is COCCNc1ccc(C(=O)N2CCN(c3ccc(OC)cc3)CC2)nc1. The summed E-state index contributed by atoms with van der Waals surface area (Å²) in [5, 5.41) is 3.20. The molecule has 1 aliphatic rings. The van der Waals surface area contributed by atoms with Crippen molar-refractivity contribution in [3.63, 3.8) is 0 Å². The van der Waals surface area contributed by atoms with Crippen LogP contribution in [0, 0.1) is 0 Å². The van der Waals surface area contributed by atoms with Crippen molar-refractivity contribution in [2.24, 2.45) is 0 Å². The number of hydrogen-bond acceptors (Lipinski definition) is 6. The lowest BCUT2D eigenvalue weighted by molar-refractivity contribution is 0.0741. The van der Waals surface area contributed by atoms with Crippen molar-refractivity contribution in [3.05, 3.63) is 48.3 Å². The maximum atomic E-state index is 12.7. The summed E-state index contributed by atoms with van der Waals surface area (Å²) in [6.45, 7) is 4.29. The first-order valence-electron chi connectivity index (χ1n) is 9.08. The highest BCUT2D eigenvalue weighted by Gasteiger charge is 2.23. The molecular weight excluding hydrogens is 344 g/mol. The molecule has 0 radical (unpaired) electrons. The van der Waals surface area contributed by atoms with E-state index in [0.717, 1.165) is 30.2 Å². The molecule has 2 aromatic rings. The van der Waals surface area contributed by atoms with Gasteiger partial charge in [-0.15, -0.1) is 0 Å². The van der Waals surface area contributed by atoms with Crippen molar-refractivity contribution in [2.75, 3.05) is 63.8 Å². The monoisotopic (exact) mass is 370 g/mol. The lowest BCUT2D eigenvalue weighted by atomic mass is 10.2. The van der Waals surface area contributed by atoms with E-state index < -0.39 is 0 Å². The van der Waals surface area contributed by atoms with E-state index in [-0.39, 0.29) is 5.91 Å². The van der Waals surface area contributed by atoms with Gasteiger partial charge in [0.1, 0.15) is 11.4 Å². The number of pyridine rings is 1. The lowest BCUT2D eigenvalue weighted by Crippen LogP contribution is -2.49. The summed E-state index contributed by atoms with van der Waals surface area (Å²) in [5.74, 6) is 0.826. The van der Waals surface area contributed by atoms with Crippen LogP contribution in [0.15, 0.2) is 42.6 Å². The largest absolute Gasteiger partial charge is 0.497 e. The van der Waals surface area contributed by atoms with Crippen molar-refractivity contribution in [2.45, 2.75) is 0 Å². The molecule has 1 aromatic carbocycles. The maximum absolute atomic E-state index is 12.7. The Morgan fingerprint density at radius 2 is 1.81 bits per heavy atom. The second-order valence-electron chi connectivity index (χ2n) is 6.33. The fourth-order valence-electron chi connectivity index (χ4n) is 3.05. The first-order chi connectivity index (χ1) is 13.2. The normalized spacial score (nSPS) is 14.1. The van der Waals surface area contributed by atoms with E-state index >= 15 is 0 Å². The standard InChI is InChI=1S/C20H26N4O3/c1-26-14-9-21-16-3-8-19(22-15-16)20(25)24-12-10-23(11-13-24)17-4-6-18(27-2)7-5-17/h3-8,15,21H,9-14H2,1-2H3. The van der Waals surface area contributed by atoms with E-state index in [1.807, 2.05) is 35.2 Å². The number of ether oxygens (including phenoxy) is 2. The first-order valence-corrected chi connectivity index (χ1v) is 9.08. The molecule has 0 spiro atoms. The van der Waals surface area contributed by atoms with E-state index in [1.165, 1.54) is 0 Å². The van der Waals surface area contributed by atoms with Crippen LogP contribution < -0.4 is 15.0 Å². The van der Waals surface area contributed by atoms with Crippen molar-refractivity contribution < 1.29 is 14.3 Å². The summed E-state index contributed by atoms with van der Waals surface area (Å²) in [7, 11) is 3.33. The van der Waals surface area contributed by atoms with Crippen LogP contribution in [-0.2, 0) is 4.74 Å². The van der Waals surface area contributed by atoms with Crippen LogP contribution in [0.3, 0.4) is 0 Å². The van der Waals surface area contributed by atoms with Gasteiger partial charge in [0.25, 0.3) is 5.91 Å². The first kappa shape index (κ1) is 19.0. The molecule has 1 fully saturated rings. The molecular formula is C20H26N4O3. The minimum absolute atomic E-state index is 0.0205. The van der Waals surface area contributed by atoms with Crippen LogP contribution in [0.1, 0.15) is 10.5 Å². The molecule has 1 amide bonds. The molecule has 1 aromatic heterocycles. The number of hydrogen-bond donors (Lipinski definition) is 1. The van der Waals surface area contributed by atoms with Crippen molar-refractivity contribution in [1.29, 1.82) is 0 Å². The fraction of sp³-hybridized carbons (Fsp3) is 0.400. The highest BCUT2D eigenvalue weighted by Crippen LogP contribution is 2.21. The highest BCUT2D eigenvalue weighted by atomic mass is 16.5. The summed E-state index contributed by atoms with van der Waals surface area (Å²) >= 11 is 0. The van der Waals surface area contributed by atoms with Gasteiger partial charge < -0.3 is 24.6 Å². The second kappa shape index (κ2) is 9.23. The predicted molar refractivity (Wildman–Crippen MR) is 106 cm³/mol. The topological polar surface area (TPSA) is 66.9 Å². The van der Waals surface area contributed by atoms with Crippen molar-refractivity contribution in [1.82, 2.24) is 9.88 Å². The molecule has 7 heteroatoms. The zero-order valence-corrected chi connectivity index (χ0v) is 15.9. The molecule has 0 unspecified atom stereocenters. The molecule has 1 saturated heterocycles. The predicted octanol–water partition coefficient (Wildman–Crippen LogP) is 2.11. The molecule has 0 bridgehead atoms. The van der Waals surface area contributed by atoms with E-state index in [0.29, 0.717) is 31.9 Å². The number of nitrogens with one attached hydrogen (secondary N) is 1. The number of benzene rings is 1. The van der Waals surface area contributed by atoms with E-state index in [4.69, 9.17) is 9.47 Å². The van der Waals surface area contributed by atoms with Gasteiger partial charge in [-0.2, -0.15) is 0 Å². The number of amides is 1. The summed E-state index contributed by atoms with van der Waals surface area (Å²) < 4.78 is 10.2. The van der Waals surface area contributed by atoms with Gasteiger partial charge in [-0.05, 0) is 36.4 Å². The van der Waals surface area contributed by atoms with Gasteiger partial charge in [0.2, 0.25) is 0 Å². The zero-order chi connectivity index (χ0) is 19.1. The van der Waals surface area contributed by atoms with Crippen LogP contribution in [0.5, 0.6) is 5.75 Å². The zero-order valence-electron chi connectivity index (χ0n) is 15.9. The highest BCUT2D eigenvalue weighted by molar-refractivity contribution is 5.92. The lowest BCUT2D eigenvalue weighted by Gasteiger charge is -2.36. The molecule has 27 heavy (non-hydrogen) atoms. The van der Waals surface area contributed by atoms with Crippen molar-refractivity contribution in [3.8, 4) is 5.75 Å². The minimum Gasteiger partial charge on any atom is -0.497 e. The molecule has 0 saturated carbocycles. The Bertz CT molecular complexity index is 726. The molecule has 0 atom stereocenters. The third-order valence-electron chi connectivity index (χ3n) is 4.62. The van der Waals surface area contributed by atoms with Gasteiger partial charge in [-0.25, -0.2) is 4.98 Å². The number of rotatable bonds is 7. The Morgan fingerprint density at radius 3 is 2.41 bits per heavy atom. The smallest absolute Gasteiger partial charge is 0.272 e. The number of anilines is 2. The average molecular weight is 370 g/mol. The third kappa shape index (κ3) is 4.89. The maximum Gasteiger partial charge on any atom is 0.272 e. The summed E-state index contributed by atoms with van der Waals surface area (Å²) in [6.07, 6.45) is 1.69. The molecule has 0 aliphatic carbocycles. The summed E-state index contributed by atoms with van der Waals surface area (Å²) in [5.41, 5.74) is 2.51. The number of carbonyl (C=O) groups is 1.